The van der Waals surface area contributed by atoms with Gasteiger partial charge in [-0.2, -0.15) is 0 Å². The summed E-state index contributed by atoms with van der Waals surface area (Å²) in [6, 6.07) is 0.0314. The topological polar surface area (TPSA) is 35.6 Å². The Morgan fingerprint density at radius 2 is 2.05 bits per heavy atom. The van der Waals surface area contributed by atoms with Gasteiger partial charge in [-0.25, -0.2) is 0 Å². The SMILES string of the molecule is CCCNCC1CCCN(C(C)C(=O)N(CC)CC)C1. The molecule has 1 heterocycles. The number of rotatable bonds is 8. The Morgan fingerprint density at radius 3 is 2.65 bits per heavy atom. The van der Waals surface area contributed by atoms with Crippen LogP contribution in [0.25, 0.3) is 0 Å². The number of hydrogen-bond acceptors (Lipinski definition) is 3. The lowest BCUT2D eigenvalue weighted by Crippen LogP contribution is -2.51. The lowest BCUT2D eigenvalue weighted by atomic mass is 9.96. The lowest BCUT2D eigenvalue weighted by Gasteiger charge is -2.38. The van der Waals surface area contributed by atoms with Gasteiger partial charge >= 0.3 is 0 Å². The lowest BCUT2D eigenvalue weighted by molar-refractivity contribution is -0.136. The van der Waals surface area contributed by atoms with Crippen LogP contribution in [0, 0.1) is 5.92 Å². The number of carbonyl (C=O) groups excluding carboxylic acids is 1. The van der Waals surface area contributed by atoms with Crippen LogP contribution < -0.4 is 5.32 Å². The maximum absolute atomic E-state index is 12.4. The van der Waals surface area contributed by atoms with Gasteiger partial charge in [0.15, 0.2) is 0 Å². The maximum atomic E-state index is 12.4. The molecule has 2 atom stereocenters. The Balaban J connectivity index is 2.46. The van der Waals surface area contributed by atoms with E-state index in [-0.39, 0.29) is 11.9 Å². The van der Waals surface area contributed by atoms with E-state index in [1.54, 1.807) is 0 Å². The van der Waals surface area contributed by atoms with Crippen molar-refractivity contribution in [3.8, 4) is 0 Å². The number of carbonyl (C=O) groups is 1. The smallest absolute Gasteiger partial charge is 0.239 e. The summed E-state index contributed by atoms with van der Waals surface area (Å²) >= 11 is 0. The first-order valence-electron chi connectivity index (χ1n) is 8.37. The Labute approximate surface area is 124 Å². The van der Waals surface area contributed by atoms with E-state index >= 15 is 0 Å². The van der Waals surface area contributed by atoms with Crippen molar-refractivity contribution < 1.29 is 4.79 Å². The molecule has 0 saturated carbocycles. The molecule has 0 aliphatic carbocycles. The molecular formula is C16H33N3O. The van der Waals surface area contributed by atoms with Gasteiger partial charge in [0, 0.05) is 19.6 Å². The summed E-state index contributed by atoms with van der Waals surface area (Å²) in [5.41, 5.74) is 0. The van der Waals surface area contributed by atoms with E-state index in [9.17, 15) is 4.79 Å². The molecule has 118 valence electrons. The van der Waals surface area contributed by atoms with Crippen molar-refractivity contribution in [1.82, 2.24) is 15.1 Å². The fraction of sp³-hybridized carbons (Fsp3) is 0.938. The predicted molar refractivity (Wildman–Crippen MR) is 84.8 cm³/mol. The summed E-state index contributed by atoms with van der Waals surface area (Å²) in [4.78, 5) is 16.8. The molecule has 1 aliphatic heterocycles. The number of piperidine rings is 1. The molecular weight excluding hydrogens is 250 g/mol. The molecule has 1 rings (SSSR count). The Morgan fingerprint density at radius 1 is 1.35 bits per heavy atom. The molecule has 1 amide bonds. The number of amides is 1. The first-order chi connectivity index (χ1) is 9.63. The van der Waals surface area contributed by atoms with E-state index in [0.717, 1.165) is 39.3 Å². The monoisotopic (exact) mass is 283 g/mol. The maximum Gasteiger partial charge on any atom is 0.239 e. The standard InChI is InChI=1S/C16H33N3O/c1-5-10-17-12-15-9-8-11-19(13-15)14(4)16(20)18(6-2)7-3/h14-15,17H,5-13H2,1-4H3. The Hall–Kier alpha value is -0.610. The summed E-state index contributed by atoms with van der Waals surface area (Å²) in [7, 11) is 0. The van der Waals surface area contributed by atoms with Crippen LogP contribution in [0.1, 0.15) is 47.0 Å². The molecule has 0 aromatic heterocycles. The molecule has 4 nitrogen and oxygen atoms in total. The van der Waals surface area contributed by atoms with Gasteiger partial charge in [0.1, 0.15) is 0 Å². The molecule has 0 radical (unpaired) electrons. The predicted octanol–water partition coefficient (Wildman–Crippen LogP) is 1.95. The van der Waals surface area contributed by atoms with Gasteiger partial charge in [-0.05, 0) is 65.6 Å². The van der Waals surface area contributed by atoms with Crippen LogP contribution in [0.5, 0.6) is 0 Å². The molecule has 0 aromatic rings. The van der Waals surface area contributed by atoms with Crippen LogP contribution in [-0.4, -0.2) is 61.0 Å². The third kappa shape index (κ3) is 5.06. The molecule has 1 fully saturated rings. The quantitative estimate of drug-likeness (QED) is 0.692. The highest BCUT2D eigenvalue weighted by molar-refractivity contribution is 5.81. The highest BCUT2D eigenvalue weighted by Gasteiger charge is 2.28. The van der Waals surface area contributed by atoms with Crippen LogP contribution in [0.15, 0.2) is 0 Å². The zero-order valence-corrected chi connectivity index (χ0v) is 13.8. The summed E-state index contributed by atoms with van der Waals surface area (Å²) < 4.78 is 0. The number of hydrogen-bond donors (Lipinski definition) is 1. The van der Waals surface area contributed by atoms with Crippen molar-refractivity contribution in [2.75, 3.05) is 39.3 Å². The van der Waals surface area contributed by atoms with Crippen LogP contribution in [0.4, 0.5) is 0 Å². The minimum absolute atomic E-state index is 0.0314. The van der Waals surface area contributed by atoms with Gasteiger partial charge in [-0.1, -0.05) is 6.92 Å². The fourth-order valence-electron chi connectivity index (χ4n) is 3.05. The zero-order valence-electron chi connectivity index (χ0n) is 13.8. The first-order valence-corrected chi connectivity index (χ1v) is 8.37. The highest BCUT2D eigenvalue weighted by atomic mass is 16.2. The van der Waals surface area contributed by atoms with E-state index in [2.05, 4.69) is 37.9 Å². The molecule has 0 bridgehead atoms. The van der Waals surface area contributed by atoms with E-state index < -0.39 is 0 Å². The van der Waals surface area contributed by atoms with E-state index in [0.29, 0.717) is 5.92 Å². The van der Waals surface area contributed by atoms with Crippen molar-refractivity contribution >= 4 is 5.91 Å². The van der Waals surface area contributed by atoms with Gasteiger partial charge in [0.2, 0.25) is 5.91 Å². The van der Waals surface area contributed by atoms with Crippen molar-refractivity contribution in [2.45, 2.75) is 53.0 Å². The summed E-state index contributed by atoms with van der Waals surface area (Å²) in [6.45, 7) is 14.3. The average molecular weight is 283 g/mol. The minimum atomic E-state index is 0.0314. The molecule has 0 aromatic carbocycles. The van der Waals surface area contributed by atoms with E-state index in [1.807, 2.05) is 4.90 Å². The summed E-state index contributed by atoms with van der Waals surface area (Å²) in [6.07, 6.45) is 3.70. The second-order valence-electron chi connectivity index (χ2n) is 5.89. The second kappa shape index (κ2) is 9.35. The van der Waals surface area contributed by atoms with E-state index in [4.69, 9.17) is 0 Å². The molecule has 1 N–H and O–H groups in total. The largest absolute Gasteiger partial charge is 0.342 e. The third-order valence-corrected chi connectivity index (χ3v) is 4.39. The number of likely N-dealkylation sites (tertiary alicyclic amines) is 1. The highest BCUT2D eigenvalue weighted by Crippen LogP contribution is 2.19. The van der Waals surface area contributed by atoms with Crippen LogP contribution in [0.3, 0.4) is 0 Å². The summed E-state index contributed by atoms with van der Waals surface area (Å²) in [5.74, 6) is 0.986. The van der Waals surface area contributed by atoms with Crippen molar-refractivity contribution in [3.63, 3.8) is 0 Å². The Kier molecular flexibility index (Phi) is 8.15. The van der Waals surface area contributed by atoms with Gasteiger partial charge in [-0.15, -0.1) is 0 Å². The van der Waals surface area contributed by atoms with Crippen LogP contribution in [-0.2, 0) is 4.79 Å². The zero-order chi connectivity index (χ0) is 15.0. The third-order valence-electron chi connectivity index (χ3n) is 4.39. The van der Waals surface area contributed by atoms with Gasteiger partial charge in [0.05, 0.1) is 6.04 Å². The van der Waals surface area contributed by atoms with Crippen LogP contribution in [0.2, 0.25) is 0 Å². The second-order valence-corrected chi connectivity index (χ2v) is 5.89. The molecule has 2 unspecified atom stereocenters. The van der Waals surface area contributed by atoms with Crippen molar-refractivity contribution in [3.05, 3.63) is 0 Å². The van der Waals surface area contributed by atoms with Gasteiger partial charge in [-0.3, -0.25) is 9.69 Å². The van der Waals surface area contributed by atoms with Gasteiger partial charge in [0.25, 0.3) is 0 Å². The normalized spacial score (nSPS) is 21.7. The number of nitrogens with one attached hydrogen (secondary N) is 1. The number of nitrogens with zero attached hydrogens (tertiary/aromatic N) is 2. The van der Waals surface area contributed by atoms with Crippen molar-refractivity contribution in [2.24, 2.45) is 5.92 Å². The number of likely N-dealkylation sites (N-methyl/N-ethyl adjacent to an activating group) is 1. The fourth-order valence-corrected chi connectivity index (χ4v) is 3.05. The summed E-state index contributed by atoms with van der Waals surface area (Å²) in [5, 5.41) is 3.52. The molecule has 0 spiro atoms. The van der Waals surface area contributed by atoms with Crippen LogP contribution >= 0.6 is 0 Å². The first kappa shape index (κ1) is 17.4. The Bertz CT molecular complexity index is 279. The average Bonchev–Trinajstić information content (AvgIpc) is 2.48. The molecule has 1 aliphatic rings. The minimum Gasteiger partial charge on any atom is -0.342 e. The molecule has 1 saturated heterocycles. The van der Waals surface area contributed by atoms with E-state index in [1.165, 1.54) is 19.3 Å². The van der Waals surface area contributed by atoms with Gasteiger partial charge < -0.3 is 10.2 Å². The molecule has 20 heavy (non-hydrogen) atoms. The van der Waals surface area contributed by atoms with Crippen molar-refractivity contribution in [1.29, 1.82) is 0 Å². The molecule has 4 heteroatoms.